The first kappa shape index (κ1) is 18.8. The SMILES string of the molecule is COC(=O)CC(CC(=O)OC)OC(=O)OCc1ccc(Cl)cc1. The van der Waals surface area contributed by atoms with Crippen LogP contribution in [0.2, 0.25) is 5.02 Å². The van der Waals surface area contributed by atoms with Gasteiger partial charge in [-0.3, -0.25) is 9.59 Å². The zero-order valence-corrected chi connectivity index (χ0v) is 13.5. The zero-order valence-electron chi connectivity index (χ0n) is 12.7. The molecule has 1 aromatic rings. The Hall–Kier alpha value is -2.28. The minimum Gasteiger partial charge on any atom is -0.469 e. The van der Waals surface area contributed by atoms with Crippen molar-refractivity contribution >= 4 is 29.7 Å². The zero-order chi connectivity index (χ0) is 17.2. The summed E-state index contributed by atoms with van der Waals surface area (Å²) in [7, 11) is 2.38. The summed E-state index contributed by atoms with van der Waals surface area (Å²) in [6.45, 7) is -0.0286. The fourth-order valence-corrected chi connectivity index (χ4v) is 1.71. The number of hydrogen-bond donors (Lipinski definition) is 0. The fourth-order valence-electron chi connectivity index (χ4n) is 1.59. The summed E-state index contributed by atoms with van der Waals surface area (Å²) in [5.41, 5.74) is 0.712. The Bertz CT molecular complexity index is 523. The Balaban J connectivity index is 2.52. The van der Waals surface area contributed by atoms with E-state index in [9.17, 15) is 14.4 Å². The number of carbonyl (C=O) groups is 3. The second-order valence-electron chi connectivity index (χ2n) is 4.47. The van der Waals surface area contributed by atoms with Crippen molar-refractivity contribution in [3.63, 3.8) is 0 Å². The number of benzene rings is 1. The van der Waals surface area contributed by atoms with Crippen molar-refractivity contribution in [1.82, 2.24) is 0 Å². The van der Waals surface area contributed by atoms with Gasteiger partial charge < -0.3 is 18.9 Å². The molecule has 1 aromatic carbocycles. The highest BCUT2D eigenvalue weighted by Crippen LogP contribution is 2.12. The molecule has 0 spiro atoms. The number of halogens is 1. The van der Waals surface area contributed by atoms with Gasteiger partial charge in [-0.15, -0.1) is 0 Å². The Labute approximate surface area is 138 Å². The normalized spacial score (nSPS) is 10.1. The summed E-state index contributed by atoms with van der Waals surface area (Å²) in [5, 5.41) is 0.563. The van der Waals surface area contributed by atoms with E-state index in [0.717, 1.165) is 0 Å². The van der Waals surface area contributed by atoms with Gasteiger partial charge in [-0.05, 0) is 17.7 Å². The van der Waals surface area contributed by atoms with E-state index in [0.29, 0.717) is 10.6 Å². The molecule has 0 bridgehead atoms. The van der Waals surface area contributed by atoms with Gasteiger partial charge in [-0.25, -0.2) is 4.79 Å². The van der Waals surface area contributed by atoms with Crippen molar-refractivity contribution in [1.29, 1.82) is 0 Å². The van der Waals surface area contributed by atoms with Crippen LogP contribution in [-0.4, -0.2) is 38.4 Å². The lowest BCUT2D eigenvalue weighted by atomic mass is 10.2. The van der Waals surface area contributed by atoms with Crippen molar-refractivity contribution in [3.05, 3.63) is 34.9 Å². The van der Waals surface area contributed by atoms with Crippen LogP contribution in [0.4, 0.5) is 4.79 Å². The molecule has 0 aliphatic carbocycles. The van der Waals surface area contributed by atoms with E-state index in [1.54, 1.807) is 24.3 Å². The molecule has 0 unspecified atom stereocenters. The van der Waals surface area contributed by atoms with Crippen LogP contribution >= 0.6 is 11.6 Å². The molecule has 0 radical (unpaired) electrons. The Morgan fingerprint density at radius 1 is 1.00 bits per heavy atom. The summed E-state index contributed by atoms with van der Waals surface area (Å²) < 4.78 is 18.8. The van der Waals surface area contributed by atoms with Gasteiger partial charge in [0.15, 0.2) is 0 Å². The highest BCUT2D eigenvalue weighted by atomic mass is 35.5. The van der Waals surface area contributed by atoms with Crippen LogP contribution in [0.15, 0.2) is 24.3 Å². The molecule has 0 aliphatic heterocycles. The topological polar surface area (TPSA) is 88.1 Å². The van der Waals surface area contributed by atoms with E-state index in [1.807, 2.05) is 0 Å². The van der Waals surface area contributed by atoms with Gasteiger partial charge in [0.25, 0.3) is 0 Å². The van der Waals surface area contributed by atoms with Gasteiger partial charge in [0, 0.05) is 5.02 Å². The predicted octanol–water partition coefficient (Wildman–Crippen LogP) is 2.49. The Morgan fingerprint density at radius 2 is 1.52 bits per heavy atom. The van der Waals surface area contributed by atoms with E-state index >= 15 is 0 Å². The first-order valence-corrected chi connectivity index (χ1v) is 7.04. The highest BCUT2D eigenvalue weighted by Gasteiger charge is 2.23. The third-order valence-corrected chi connectivity index (χ3v) is 3.03. The lowest BCUT2D eigenvalue weighted by Gasteiger charge is -2.15. The molecule has 0 N–H and O–H groups in total. The monoisotopic (exact) mass is 344 g/mol. The lowest BCUT2D eigenvalue weighted by molar-refractivity contribution is -0.147. The summed E-state index contributed by atoms with van der Waals surface area (Å²) in [6.07, 6.45) is -2.58. The molecule has 0 saturated heterocycles. The number of ether oxygens (including phenoxy) is 4. The second kappa shape index (κ2) is 9.68. The fraction of sp³-hybridized carbons (Fsp3) is 0.400. The molecule has 0 heterocycles. The van der Waals surface area contributed by atoms with E-state index in [-0.39, 0.29) is 19.4 Å². The third kappa shape index (κ3) is 7.51. The van der Waals surface area contributed by atoms with Gasteiger partial charge in [0.1, 0.15) is 12.7 Å². The first-order chi connectivity index (χ1) is 10.9. The minimum atomic E-state index is -1.02. The van der Waals surface area contributed by atoms with Crippen molar-refractivity contribution < 1.29 is 33.3 Å². The molecule has 0 amide bonds. The van der Waals surface area contributed by atoms with Crippen LogP contribution in [0, 0.1) is 0 Å². The van der Waals surface area contributed by atoms with Gasteiger partial charge in [0.2, 0.25) is 0 Å². The number of carbonyl (C=O) groups excluding carboxylic acids is 3. The number of rotatable bonds is 7. The number of esters is 2. The quantitative estimate of drug-likeness (QED) is 0.554. The summed E-state index contributed by atoms with van der Waals surface area (Å²) in [6, 6.07) is 6.69. The van der Waals surface area contributed by atoms with Gasteiger partial charge >= 0.3 is 18.1 Å². The van der Waals surface area contributed by atoms with Gasteiger partial charge in [0.05, 0.1) is 27.1 Å². The number of hydrogen-bond acceptors (Lipinski definition) is 7. The molecule has 0 fully saturated rings. The van der Waals surface area contributed by atoms with E-state index in [4.69, 9.17) is 21.1 Å². The standard InChI is InChI=1S/C15H17ClO7/c1-20-13(17)7-12(8-14(18)21-2)23-15(19)22-9-10-3-5-11(16)6-4-10/h3-6,12H,7-9H2,1-2H3. The van der Waals surface area contributed by atoms with Crippen LogP contribution in [0.1, 0.15) is 18.4 Å². The molecule has 126 valence electrons. The van der Waals surface area contributed by atoms with Gasteiger partial charge in [-0.1, -0.05) is 23.7 Å². The lowest BCUT2D eigenvalue weighted by Crippen LogP contribution is -2.26. The smallest absolute Gasteiger partial charge is 0.469 e. The Morgan fingerprint density at radius 3 is 2.00 bits per heavy atom. The van der Waals surface area contributed by atoms with Crippen molar-refractivity contribution in [3.8, 4) is 0 Å². The molecule has 0 saturated carbocycles. The van der Waals surface area contributed by atoms with Crippen LogP contribution in [-0.2, 0) is 35.1 Å². The van der Waals surface area contributed by atoms with Crippen molar-refractivity contribution in [2.45, 2.75) is 25.6 Å². The summed E-state index contributed by atoms with van der Waals surface area (Å²) >= 11 is 5.75. The average Bonchev–Trinajstić information content (AvgIpc) is 2.53. The third-order valence-electron chi connectivity index (χ3n) is 2.78. The molecule has 0 atom stereocenters. The van der Waals surface area contributed by atoms with Gasteiger partial charge in [-0.2, -0.15) is 0 Å². The van der Waals surface area contributed by atoms with Crippen LogP contribution < -0.4 is 0 Å². The predicted molar refractivity (Wildman–Crippen MR) is 79.8 cm³/mol. The molecule has 23 heavy (non-hydrogen) atoms. The number of methoxy groups -OCH3 is 2. The van der Waals surface area contributed by atoms with E-state index in [2.05, 4.69) is 9.47 Å². The minimum absolute atomic E-state index is 0.0286. The largest absolute Gasteiger partial charge is 0.508 e. The summed E-state index contributed by atoms with van der Waals surface area (Å²) in [4.78, 5) is 34.2. The Kier molecular flexibility index (Phi) is 7.90. The second-order valence-corrected chi connectivity index (χ2v) is 4.90. The maximum atomic E-state index is 11.7. The first-order valence-electron chi connectivity index (χ1n) is 6.66. The molecular weight excluding hydrogens is 328 g/mol. The maximum absolute atomic E-state index is 11.7. The maximum Gasteiger partial charge on any atom is 0.508 e. The molecule has 7 nitrogen and oxygen atoms in total. The van der Waals surface area contributed by atoms with Crippen molar-refractivity contribution in [2.75, 3.05) is 14.2 Å². The van der Waals surface area contributed by atoms with Crippen LogP contribution in [0.5, 0.6) is 0 Å². The molecule has 0 aromatic heterocycles. The van der Waals surface area contributed by atoms with Crippen LogP contribution in [0.25, 0.3) is 0 Å². The summed E-state index contributed by atoms with van der Waals surface area (Å²) in [5.74, 6) is -1.24. The molecular formula is C15H17ClO7. The molecule has 0 aliphatic rings. The molecule has 8 heteroatoms. The van der Waals surface area contributed by atoms with Crippen LogP contribution in [0.3, 0.4) is 0 Å². The highest BCUT2D eigenvalue weighted by molar-refractivity contribution is 6.30. The van der Waals surface area contributed by atoms with E-state index < -0.39 is 24.2 Å². The van der Waals surface area contributed by atoms with E-state index in [1.165, 1.54) is 14.2 Å². The van der Waals surface area contributed by atoms with Crippen molar-refractivity contribution in [2.24, 2.45) is 0 Å². The molecule has 1 rings (SSSR count). The average molecular weight is 345 g/mol.